The maximum Gasteiger partial charge on any atom is 0.0500 e. The Morgan fingerprint density at radius 3 is 2.25 bits per heavy atom. The summed E-state index contributed by atoms with van der Waals surface area (Å²) in [7, 11) is 0. The highest BCUT2D eigenvalue weighted by Crippen LogP contribution is 2.28. The Kier molecular flexibility index (Phi) is 9.78. The number of nitrogens with zero attached hydrogens (tertiary/aromatic N) is 1. The van der Waals surface area contributed by atoms with Crippen molar-refractivity contribution < 1.29 is 5.21 Å². The number of oxime groups is 1. The average molecular weight is 328 g/mol. The van der Waals surface area contributed by atoms with Gasteiger partial charge in [-0.1, -0.05) is 68.5 Å². The third-order valence-electron chi connectivity index (χ3n) is 4.72. The van der Waals surface area contributed by atoms with Crippen LogP contribution in [0.3, 0.4) is 0 Å². The van der Waals surface area contributed by atoms with Gasteiger partial charge in [0.15, 0.2) is 0 Å². The number of hydrogen-bond acceptors (Lipinski definition) is 3. The fourth-order valence-electron chi connectivity index (χ4n) is 2.72. The lowest BCUT2D eigenvalue weighted by Gasteiger charge is -2.24. The van der Waals surface area contributed by atoms with Crippen molar-refractivity contribution in [3.63, 3.8) is 0 Å². The topological polar surface area (TPSA) is 58.6 Å². The largest absolute Gasteiger partial charge is 0.411 e. The van der Waals surface area contributed by atoms with E-state index in [0.717, 1.165) is 38.5 Å². The van der Waals surface area contributed by atoms with Crippen LogP contribution in [0.15, 0.2) is 59.8 Å². The van der Waals surface area contributed by atoms with Crippen molar-refractivity contribution in [3.05, 3.63) is 60.2 Å². The van der Waals surface area contributed by atoms with E-state index in [-0.39, 0.29) is 11.5 Å². The maximum absolute atomic E-state index is 8.82. The van der Waals surface area contributed by atoms with Crippen LogP contribution in [0.1, 0.15) is 64.0 Å². The molecule has 0 radical (unpaired) electrons. The quantitative estimate of drug-likeness (QED) is 0.182. The number of unbranched alkanes of at least 4 members (excludes halogenated alkanes) is 1. The van der Waals surface area contributed by atoms with Crippen LogP contribution >= 0.6 is 0 Å². The lowest BCUT2D eigenvalue weighted by Crippen LogP contribution is -2.19. The standard InChI is InChI=1S/C21H32N2O/c1-3-21(4-2,18-23-24)17-13-8-6-5-7-12-16-20(22)19-14-10-9-11-15-19/h7-15,18,20,24H,3-6,16-17,22H2,1-2H3. The fraction of sp³-hybridized carbons (Fsp3) is 0.476. The summed E-state index contributed by atoms with van der Waals surface area (Å²) in [4.78, 5) is 0. The van der Waals surface area contributed by atoms with E-state index in [9.17, 15) is 0 Å². The molecule has 1 rings (SSSR count). The lowest BCUT2D eigenvalue weighted by atomic mass is 9.80. The summed E-state index contributed by atoms with van der Waals surface area (Å²) >= 11 is 0. The highest BCUT2D eigenvalue weighted by molar-refractivity contribution is 5.65. The Labute approximate surface area is 147 Å². The fourth-order valence-corrected chi connectivity index (χ4v) is 2.72. The lowest BCUT2D eigenvalue weighted by molar-refractivity contribution is 0.304. The van der Waals surface area contributed by atoms with E-state index < -0.39 is 0 Å². The minimum Gasteiger partial charge on any atom is -0.411 e. The van der Waals surface area contributed by atoms with Gasteiger partial charge in [0, 0.05) is 11.5 Å². The summed E-state index contributed by atoms with van der Waals surface area (Å²) in [5.41, 5.74) is 7.34. The molecule has 0 saturated carbocycles. The molecule has 24 heavy (non-hydrogen) atoms. The predicted molar refractivity (Wildman–Crippen MR) is 103 cm³/mol. The molecule has 1 unspecified atom stereocenters. The van der Waals surface area contributed by atoms with E-state index in [0.29, 0.717) is 0 Å². The molecule has 1 aromatic rings. The Morgan fingerprint density at radius 1 is 1.04 bits per heavy atom. The van der Waals surface area contributed by atoms with Crippen LogP contribution in [0.25, 0.3) is 0 Å². The predicted octanol–water partition coefficient (Wildman–Crippen LogP) is 5.63. The summed E-state index contributed by atoms with van der Waals surface area (Å²) in [6, 6.07) is 10.3. The van der Waals surface area contributed by atoms with Crippen molar-refractivity contribution in [3.8, 4) is 0 Å². The molecule has 3 heteroatoms. The zero-order valence-corrected chi connectivity index (χ0v) is 15.1. The number of nitrogens with two attached hydrogens (primary N) is 1. The summed E-state index contributed by atoms with van der Waals surface area (Å²) in [6.07, 6.45) is 16.3. The smallest absolute Gasteiger partial charge is 0.0500 e. The minimum absolute atomic E-state index is 0.0104. The maximum atomic E-state index is 8.82. The minimum atomic E-state index is -0.0104. The van der Waals surface area contributed by atoms with E-state index in [2.05, 4.69) is 55.4 Å². The van der Waals surface area contributed by atoms with Crippen molar-refractivity contribution in [2.45, 2.75) is 58.4 Å². The zero-order valence-electron chi connectivity index (χ0n) is 15.1. The highest BCUT2D eigenvalue weighted by atomic mass is 16.4. The molecule has 0 heterocycles. The van der Waals surface area contributed by atoms with Crippen LogP contribution in [-0.2, 0) is 0 Å². The van der Waals surface area contributed by atoms with Gasteiger partial charge in [-0.2, -0.15) is 0 Å². The molecule has 0 saturated heterocycles. The Hall–Kier alpha value is -1.87. The third-order valence-corrected chi connectivity index (χ3v) is 4.72. The molecule has 0 spiro atoms. The van der Waals surface area contributed by atoms with E-state index in [1.165, 1.54) is 5.56 Å². The monoisotopic (exact) mass is 328 g/mol. The van der Waals surface area contributed by atoms with Gasteiger partial charge in [-0.05, 0) is 44.1 Å². The molecule has 0 aromatic heterocycles. The van der Waals surface area contributed by atoms with Crippen LogP contribution in [-0.4, -0.2) is 11.4 Å². The molecule has 0 fully saturated rings. The van der Waals surface area contributed by atoms with Gasteiger partial charge in [0.2, 0.25) is 0 Å². The second-order valence-corrected chi connectivity index (χ2v) is 6.29. The molecule has 0 aliphatic heterocycles. The van der Waals surface area contributed by atoms with Gasteiger partial charge in [-0.15, -0.1) is 5.16 Å². The van der Waals surface area contributed by atoms with Gasteiger partial charge < -0.3 is 10.9 Å². The highest BCUT2D eigenvalue weighted by Gasteiger charge is 2.22. The van der Waals surface area contributed by atoms with Crippen LogP contribution in [0.4, 0.5) is 0 Å². The normalized spacial score (nSPS) is 14.1. The SMILES string of the molecule is CCC(C=NO)(CC)CC=CCCC=CCC(N)c1ccccc1. The van der Waals surface area contributed by atoms with Gasteiger partial charge >= 0.3 is 0 Å². The molecular formula is C21H32N2O. The van der Waals surface area contributed by atoms with Gasteiger partial charge in [-0.3, -0.25) is 0 Å². The van der Waals surface area contributed by atoms with Crippen molar-refractivity contribution in [1.29, 1.82) is 0 Å². The third kappa shape index (κ3) is 7.14. The first kappa shape index (κ1) is 20.2. The van der Waals surface area contributed by atoms with E-state index in [4.69, 9.17) is 10.9 Å². The summed E-state index contributed by atoms with van der Waals surface area (Å²) < 4.78 is 0. The molecule has 1 aromatic carbocycles. The Morgan fingerprint density at radius 2 is 1.67 bits per heavy atom. The number of benzene rings is 1. The molecule has 132 valence electrons. The molecule has 0 aliphatic rings. The Balaban J connectivity index is 2.27. The van der Waals surface area contributed by atoms with Crippen LogP contribution in [0.5, 0.6) is 0 Å². The number of rotatable bonds is 11. The first-order chi connectivity index (χ1) is 11.7. The van der Waals surface area contributed by atoms with E-state index in [1.54, 1.807) is 6.21 Å². The van der Waals surface area contributed by atoms with Gasteiger partial charge in [0.05, 0.1) is 6.21 Å². The van der Waals surface area contributed by atoms with Crippen molar-refractivity contribution in [2.24, 2.45) is 16.3 Å². The summed E-state index contributed by atoms with van der Waals surface area (Å²) in [5.74, 6) is 0. The molecule has 3 nitrogen and oxygen atoms in total. The second kappa shape index (κ2) is 11.6. The molecule has 0 bridgehead atoms. The summed E-state index contributed by atoms with van der Waals surface area (Å²) in [6.45, 7) is 4.27. The van der Waals surface area contributed by atoms with Gasteiger partial charge in [0.1, 0.15) is 0 Å². The van der Waals surface area contributed by atoms with Crippen LogP contribution < -0.4 is 5.73 Å². The van der Waals surface area contributed by atoms with Crippen LogP contribution in [0.2, 0.25) is 0 Å². The average Bonchev–Trinajstić information content (AvgIpc) is 2.63. The van der Waals surface area contributed by atoms with E-state index >= 15 is 0 Å². The molecular weight excluding hydrogens is 296 g/mol. The van der Waals surface area contributed by atoms with Gasteiger partial charge in [0.25, 0.3) is 0 Å². The van der Waals surface area contributed by atoms with Gasteiger partial charge in [-0.25, -0.2) is 0 Å². The molecule has 3 N–H and O–H groups in total. The number of allylic oxidation sites excluding steroid dienone is 3. The molecule has 0 aliphatic carbocycles. The second-order valence-electron chi connectivity index (χ2n) is 6.29. The number of hydrogen-bond donors (Lipinski definition) is 2. The van der Waals surface area contributed by atoms with Crippen molar-refractivity contribution in [1.82, 2.24) is 0 Å². The summed E-state index contributed by atoms with van der Waals surface area (Å²) in [5, 5.41) is 12.1. The van der Waals surface area contributed by atoms with Crippen molar-refractivity contribution in [2.75, 3.05) is 0 Å². The van der Waals surface area contributed by atoms with E-state index in [1.807, 2.05) is 18.2 Å². The molecule has 0 amide bonds. The zero-order chi connectivity index (χ0) is 17.7. The van der Waals surface area contributed by atoms with Crippen molar-refractivity contribution >= 4 is 6.21 Å². The molecule has 1 atom stereocenters. The Bertz CT molecular complexity index is 516. The first-order valence-corrected chi connectivity index (χ1v) is 8.96. The first-order valence-electron chi connectivity index (χ1n) is 8.96. The van der Waals surface area contributed by atoms with Crippen LogP contribution in [0, 0.1) is 5.41 Å².